The zero-order valence-corrected chi connectivity index (χ0v) is 15.2. The molecule has 0 aromatic heterocycles. The summed E-state index contributed by atoms with van der Waals surface area (Å²) in [5, 5.41) is 3.49. The average molecular weight is 345 g/mol. The minimum Gasteiger partial charge on any atom is -0.314 e. The Morgan fingerprint density at radius 2 is 1.73 bits per heavy atom. The van der Waals surface area contributed by atoms with Gasteiger partial charge in [0.05, 0.1) is 0 Å². The van der Waals surface area contributed by atoms with Crippen molar-refractivity contribution in [2.75, 3.05) is 26.2 Å². The lowest BCUT2D eigenvalue weighted by Gasteiger charge is -2.41. The van der Waals surface area contributed by atoms with Crippen LogP contribution >= 0.6 is 24.8 Å². The Bertz CT molecular complexity index is 409. The van der Waals surface area contributed by atoms with Crippen molar-refractivity contribution < 1.29 is 0 Å². The predicted molar refractivity (Wildman–Crippen MR) is 99.4 cm³/mol. The van der Waals surface area contributed by atoms with Gasteiger partial charge in [0.25, 0.3) is 0 Å². The number of piperazine rings is 1. The maximum Gasteiger partial charge on any atom is 0.0377 e. The van der Waals surface area contributed by atoms with Gasteiger partial charge in [0, 0.05) is 32.2 Å². The summed E-state index contributed by atoms with van der Waals surface area (Å²) in [6.07, 6.45) is 7.14. The highest BCUT2D eigenvalue weighted by Gasteiger charge is 2.30. The first-order valence-electron chi connectivity index (χ1n) is 8.36. The standard InChI is InChI=1S/C18H28N2.2ClH/c1-15-6-5-9-17(14-15)18(16-7-3-2-4-8-16)20-12-10-19-11-13-20;;/h5-6,9,14,16,18-19H,2-4,7-8,10-13H2,1H3;2*1H/t18-;;/m1../s1. The van der Waals surface area contributed by atoms with Crippen LogP contribution in [0.1, 0.15) is 49.3 Å². The molecule has 3 rings (SSSR count). The number of aryl methyl sites for hydroxylation is 1. The minimum atomic E-state index is 0. The first-order chi connectivity index (χ1) is 9.84. The minimum absolute atomic E-state index is 0. The summed E-state index contributed by atoms with van der Waals surface area (Å²) in [5.41, 5.74) is 2.96. The Hall–Kier alpha value is -0.280. The number of hydrogen-bond donors (Lipinski definition) is 1. The molecule has 4 heteroatoms. The van der Waals surface area contributed by atoms with E-state index in [2.05, 4.69) is 41.4 Å². The predicted octanol–water partition coefficient (Wildman–Crippen LogP) is 4.37. The molecular weight excluding hydrogens is 315 g/mol. The van der Waals surface area contributed by atoms with E-state index in [9.17, 15) is 0 Å². The molecule has 0 spiro atoms. The molecule has 1 atom stereocenters. The molecule has 2 nitrogen and oxygen atoms in total. The third kappa shape index (κ3) is 4.86. The van der Waals surface area contributed by atoms with E-state index in [-0.39, 0.29) is 24.8 Å². The zero-order valence-electron chi connectivity index (χ0n) is 13.6. The number of nitrogens with zero attached hydrogens (tertiary/aromatic N) is 1. The van der Waals surface area contributed by atoms with E-state index in [0.717, 1.165) is 19.0 Å². The number of halogens is 2. The quantitative estimate of drug-likeness (QED) is 0.875. The van der Waals surface area contributed by atoms with Gasteiger partial charge in [-0.2, -0.15) is 0 Å². The van der Waals surface area contributed by atoms with E-state index < -0.39 is 0 Å². The van der Waals surface area contributed by atoms with Crippen molar-refractivity contribution in [2.24, 2.45) is 5.92 Å². The maximum atomic E-state index is 3.49. The molecule has 2 fully saturated rings. The number of benzene rings is 1. The second-order valence-electron chi connectivity index (χ2n) is 6.54. The van der Waals surface area contributed by atoms with Crippen LogP contribution in [0.2, 0.25) is 0 Å². The van der Waals surface area contributed by atoms with Crippen molar-refractivity contribution >= 4 is 24.8 Å². The van der Waals surface area contributed by atoms with Crippen LogP contribution in [0.3, 0.4) is 0 Å². The lowest BCUT2D eigenvalue weighted by molar-refractivity contribution is 0.103. The number of rotatable bonds is 3. The maximum absolute atomic E-state index is 3.49. The van der Waals surface area contributed by atoms with Gasteiger partial charge < -0.3 is 5.32 Å². The van der Waals surface area contributed by atoms with Crippen molar-refractivity contribution in [2.45, 2.75) is 45.1 Å². The van der Waals surface area contributed by atoms with Crippen molar-refractivity contribution in [1.82, 2.24) is 10.2 Å². The van der Waals surface area contributed by atoms with Gasteiger partial charge >= 0.3 is 0 Å². The van der Waals surface area contributed by atoms with Gasteiger partial charge in [-0.3, -0.25) is 4.90 Å². The molecule has 126 valence electrons. The molecule has 1 saturated carbocycles. The second-order valence-corrected chi connectivity index (χ2v) is 6.54. The first-order valence-corrected chi connectivity index (χ1v) is 8.36. The van der Waals surface area contributed by atoms with Gasteiger partial charge in [0.1, 0.15) is 0 Å². The van der Waals surface area contributed by atoms with Gasteiger partial charge in [-0.05, 0) is 31.2 Å². The van der Waals surface area contributed by atoms with Crippen LogP contribution < -0.4 is 5.32 Å². The molecule has 1 aromatic carbocycles. The molecule has 2 aliphatic rings. The van der Waals surface area contributed by atoms with E-state index in [1.807, 2.05) is 0 Å². The van der Waals surface area contributed by atoms with Crippen LogP contribution in [0, 0.1) is 12.8 Å². The van der Waals surface area contributed by atoms with Crippen LogP contribution in [0.25, 0.3) is 0 Å². The molecule has 1 aliphatic carbocycles. The highest BCUT2D eigenvalue weighted by atomic mass is 35.5. The topological polar surface area (TPSA) is 15.3 Å². The molecule has 0 amide bonds. The zero-order chi connectivity index (χ0) is 13.8. The fraction of sp³-hybridized carbons (Fsp3) is 0.667. The number of nitrogens with one attached hydrogen (secondary N) is 1. The Morgan fingerprint density at radius 1 is 1.05 bits per heavy atom. The molecule has 22 heavy (non-hydrogen) atoms. The van der Waals surface area contributed by atoms with E-state index in [1.54, 1.807) is 5.56 Å². The smallest absolute Gasteiger partial charge is 0.0377 e. The van der Waals surface area contributed by atoms with Crippen LogP contribution in [0.4, 0.5) is 0 Å². The Labute approximate surface area is 147 Å². The van der Waals surface area contributed by atoms with Crippen molar-refractivity contribution in [3.8, 4) is 0 Å². The second kappa shape index (κ2) is 9.77. The monoisotopic (exact) mass is 344 g/mol. The molecule has 1 aliphatic heterocycles. The van der Waals surface area contributed by atoms with Crippen molar-refractivity contribution in [3.63, 3.8) is 0 Å². The van der Waals surface area contributed by atoms with Gasteiger partial charge in [0.15, 0.2) is 0 Å². The molecule has 1 aromatic rings. The SMILES string of the molecule is Cc1cccc([C@@H](C2CCCCC2)N2CCNCC2)c1.Cl.Cl. The number of hydrogen-bond acceptors (Lipinski definition) is 2. The summed E-state index contributed by atoms with van der Waals surface area (Å²) in [4.78, 5) is 2.74. The molecule has 0 unspecified atom stereocenters. The highest BCUT2D eigenvalue weighted by molar-refractivity contribution is 5.85. The summed E-state index contributed by atoms with van der Waals surface area (Å²) < 4.78 is 0. The van der Waals surface area contributed by atoms with Crippen LogP contribution in [0.15, 0.2) is 24.3 Å². The highest BCUT2D eigenvalue weighted by Crippen LogP contribution is 2.38. The fourth-order valence-corrected chi connectivity index (χ4v) is 4.05. The summed E-state index contributed by atoms with van der Waals surface area (Å²) in [6.45, 7) is 6.92. The molecular formula is C18H30Cl2N2. The summed E-state index contributed by atoms with van der Waals surface area (Å²) in [5.74, 6) is 0.864. The summed E-state index contributed by atoms with van der Waals surface area (Å²) >= 11 is 0. The van der Waals surface area contributed by atoms with Crippen molar-refractivity contribution in [3.05, 3.63) is 35.4 Å². The molecule has 1 heterocycles. The Kier molecular flexibility index (Phi) is 8.78. The van der Waals surface area contributed by atoms with E-state index in [1.165, 1.54) is 50.8 Å². The third-order valence-corrected chi connectivity index (χ3v) is 5.02. The van der Waals surface area contributed by atoms with Crippen LogP contribution in [0.5, 0.6) is 0 Å². The largest absolute Gasteiger partial charge is 0.314 e. The van der Waals surface area contributed by atoms with Gasteiger partial charge in [0.2, 0.25) is 0 Å². The molecule has 0 radical (unpaired) electrons. The third-order valence-electron chi connectivity index (χ3n) is 5.02. The van der Waals surface area contributed by atoms with Gasteiger partial charge in [-0.25, -0.2) is 0 Å². The van der Waals surface area contributed by atoms with Gasteiger partial charge in [-0.1, -0.05) is 49.1 Å². The Balaban J connectivity index is 0.00000121. The summed E-state index contributed by atoms with van der Waals surface area (Å²) in [7, 11) is 0. The lowest BCUT2D eigenvalue weighted by atomic mass is 9.80. The summed E-state index contributed by atoms with van der Waals surface area (Å²) in [6, 6.07) is 9.88. The average Bonchev–Trinajstić information content (AvgIpc) is 2.50. The first kappa shape index (κ1) is 19.8. The van der Waals surface area contributed by atoms with E-state index >= 15 is 0 Å². The van der Waals surface area contributed by atoms with Crippen molar-refractivity contribution in [1.29, 1.82) is 0 Å². The Morgan fingerprint density at radius 3 is 2.36 bits per heavy atom. The van der Waals surface area contributed by atoms with Crippen LogP contribution in [-0.2, 0) is 0 Å². The normalized spacial score (nSPS) is 21.5. The van der Waals surface area contributed by atoms with Crippen LogP contribution in [-0.4, -0.2) is 31.1 Å². The van der Waals surface area contributed by atoms with E-state index in [0.29, 0.717) is 6.04 Å². The molecule has 0 bridgehead atoms. The van der Waals surface area contributed by atoms with Gasteiger partial charge in [-0.15, -0.1) is 24.8 Å². The van der Waals surface area contributed by atoms with E-state index in [4.69, 9.17) is 0 Å². The molecule has 1 N–H and O–H groups in total. The fourth-order valence-electron chi connectivity index (χ4n) is 4.05. The molecule has 1 saturated heterocycles. The lowest BCUT2D eigenvalue weighted by Crippen LogP contribution is -2.47.